The van der Waals surface area contributed by atoms with Crippen LogP contribution < -0.4 is 15.8 Å². The van der Waals surface area contributed by atoms with E-state index >= 15 is 0 Å². The van der Waals surface area contributed by atoms with Gasteiger partial charge < -0.3 is 15.8 Å². The zero-order valence-electron chi connectivity index (χ0n) is 18.3. The molecule has 0 aliphatic heterocycles. The second-order valence-electron chi connectivity index (χ2n) is 7.33. The predicted octanol–water partition coefficient (Wildman–Crippen LogP) is 3.46. The van der Waals surface area contributed by atoms with Crippen LogP contribution in [-0.4, -0.2) is 49.2 Å². The van der Waals surface area contributed by atoms with E-state index < -0.39 is 10.0 Å². The Hall–Kier alpha value is -3.38. The summed E-state index contributed by atoms with van der Waals surface area (Å²) in [5, 5.41) is 6.99. The number of rotatable bonds is 8. The highest BCUT2D eigenvalue weighted by Crippen LogP contribution is 2.31. The van der Waals surface area contributed by atoms with Gasteiger partial charge in [0.1, 0.15) is 16.3 Å². The standard InChI is InChI=1S/C22H20Cl2N6O4S/c1-34-10-9-26-22(31)16-12-28-30-20(25)15(11-27-21(16)30)13-5-7-14(8-6-13)29-35(32,33)18-4-2-3-17(23)19(18)24/h2-8,11-12,29H,9-10,25H2,1H3,(H,26,31). The van der Waals surface area contributed by atoms with Crippen molar-refractivity contribution < 1.29 is 17.9 Å². The van der Waals surface area contributed by atoms with E-state index in [4.69, 9.17) is 33.7 Å². The average Bonchev–Trinajstić information content (AvgIpc) is 3.27. The van der Waals surface area contributed by atoms with Gasteiger partial charge in [-0.15, -0.1) is 0 Å². The number of nitrogens with zero attached hydrogens (tertiary/aromatic N) is 3. The molecule has 2 aromatic heterocycles. The first kappa shape index (κ1) is 24.7. The highest BCUT2D eigenvalue weighted by atomic mass is 35.5. The number of methoxy groups -OCH3 is 1. The van der Waals surface area contributed by atoms with Crippen molar-refractivity contribution in [2.75, 3.05) is 30.7 Å². The number of nitrogens with one attached hydrogen (secondary N) is 2. The second-order valence-corrected chi connectivity index (χ2v) is 9.77. The molecule has 0 radical (unpaired) electrons. The second kappa shape index (κ2) is 10.1. The lowest BCUT2D eigenvalue weighted by atomic mass is 10.1. The van der Waals surface area contributed by atoms with Gasteiger partial charge in [0.2, 0.25) is 0 Å². The van der Waals surface area contributed by atoms with Crippen LogP contribution in [0.1, 0.15) is 10.4 Å². The molecule has 0 saturated carbocycles. The van der Waals surface area contributed by atoms with Crippen molar-refractivity contribution in [3.8, 4) is 11.1 Å². The van der Waals surface area contributed by atoms with Crippen molar-refractivity contribution in [1.29, 1.82) is 0 Å². The topological polar surface area (TPSA) is 141 Å². The quantitative estimate of drug-likeness (QED) is 0.294. The zero-order chi connectivity index (χ0) is 25.2. The third-order valence-corrected chi connectivity index (χ3v) is 7.41. The van der Waals surface area contributed by atoms with Crippen molar-refractivity contribution >= 4 is 56.3 Å². The fourth-order valence-electron chi connectivity index (χ4n) is 3.31. The highest BCUT2D eigenvalue weighted by molar-refractivity contribution is 7.92. The van der Waals surface area contributed by atoms with E-state index in [-0.39, 0.29) is 32.2 Å². The molecule has 0 spiro atoms. The summed E-state index contributed by atoms with van der Waals surface area (Å²) in [7, 11) is -2.41. The number of nitrogens with two attached hydrogens (primary N) is 1. The maximum absolute atomic E-state index is 12.7. The lowest BCUT2D eigenvalue weighted by Crippen LogP contribution is -2.26. The molecule has 4 aromatic rings. The number of carbonyl (C=O) groups excluding carboxylic acids is 1. The van der Waals surface area contributed by atoms with E-state index in [1.165, 1.54) is 35.1 Å². The minimum atomic E-state index is -3.96. The summed E-state index contributed by atoms with van der Waals surface area (Å²) in [4.78, 5) is 16.6. The maximum Gasteiger partial charge on any atom is 0.263 e. The Morgan fingerprint density at radius 1 is 1.14 bits per heavy atom. The maximum atomic E-state index is 12.7. The smallest absolute Gasteiger partial charge is 0.263 e. The predicted molar refractivity (Wildman–Crippen MR) is 134 cm³/mol. The number of sulfonamides is 1. The van der Waals surface area contributed by atoms with Crippen LogP contribution in [0.15, 0.2) is 59.8 Å². The first-order chi connectivity index (χ1) is 16.7. The molecule has 0 atom stereocenters. The van der Waals surface area contributed by atoms with E-state index in [1.54, 1.807) is 31.4 Å². The molecule has 0 fully saturated rings. The zero-order valence-corrected chi connectivity index (χ0v) is 20.7. The molecular formula is C22H20Cl2N6O4S. The van der Waals surface area contributed by atoms with E-state index in [0.29, 0.717) is 35.6 Å². The minimum absolute atomic E-state index is 0.0589. The number of fused-ring (bicyclic) bond motifs is 1. The normalized spacial score (nSPS) is 11.5. The fourth-order valence-corrected chi connectivity index (χ4v) is 5.13. The van der Waals surface area contributed by atoms with Gasteiger partial charge in [0, 0.05) is 31.1 Å². The number of aromatic nitrogens is 3. The van der Waals surface area contributed by atoms with Crippen LogP contribution in [-0.2, 0) is 14.8 Å². The Kier molecular flexibility index (Phi) is 7.13. The van der Waals surface area contributed by atoms with Gasteiger partial charge in [-0.3, -0.25) is 9.52 Å². The Balaban J connectivity index is 1.58. The first-order valence-electron chi connectivity index (χ1n) is 10.2. The lowest BCUT2D eigenvalue weighted by Gasteiger charge is -2.12. The van der Waals surface area contributed by atoms with Crippen LogP contribution >= 0.6 is 23.2 Å². The Morgan fingerprint density at radius 2 is 1.89 bits per heavy atom. The molecular weight excluding hydrogens is 515 g/mol. The molecule has 35 heavy (non-hydrogen) atoms. The van der Waals surface area contributed by atoms with Gasteiger partial charge in [0.15, 0.2) is 5.65 Å². The number of halogens is 2. The van der Waals surface area contributed by atoms with Gasteiger partial charge in [-0.2, -0.15) is 9.61 Å². The first-order valence-corrected chi connectivity index (χ1v) is 12.4. The van der Waals surface area contributed by atoms with Crippen LogP contribution in [0.25, 0.3) is 16.8 Å². The Labute approximate surface area is 211 Å². The summed E-state index contributed by atoms with van der Waals surface area (Å²) in [5.41, 5.74) is 8.43. The van der Waals surface area contributed by atoms with Crippen LogP contribution in [0.4, 0.5) is 11.5 Å². The van der Waals surface area contributed by atoms with Crippen molar-refractivity contribution in [1.82, 2.24) is 19.9 Å². The lowest BCUT2D eigenvalue weighted by molar-refractivity contribution is 0.0938. The average molecular weight is 535 g/mol. The molecule has 10 nitrogen and oxygen atoms in total. The molecule has 13 heteroatoms. The molecule has 4 rings (SSSR count). The molecule has 0 bridgehead atoms. The van der Waals surface area contributed by atoms with Gasteiger partial charge in [-0.25, -0.2) is 13.4 Å². The summed E-state index contributed by atoms with van der Waals surface area (Å²) in [6, 6.07) is 10.9. The molecule has 1 amide bonds. The fraction of sp³-hybridized carbons (Fsp3) is 0.136. The van der Waals surface area contributed by atoms with E-state index in [2.05, 4.69) is 20.1 Å². The van der Waals surface area contributed by atoms with Gasteiger partial charge >= 0.3 is 0 Å². The van der Waals surface area contributed by atoms with Crippen molar-refractivity contribution in [3.05, 3.63) is 70.5 Å². The summed E-state index contributed by atoms with van der Waals surface area (Å²) < 4.78 is 34.2. The van der Waals surface area contributed by atoms with E-state index in [0.717, 1.165) is 0 Å². The summed E-state index contributed by atoms with van der Waals surface area (Å²) in [6.45, 7) is 0.725. The van der Waals surface area contributed by atoms with Crippen LogP contribution in [0, 0.1) is 0 Å². The van der Waals surface area contributed by atoms with Crippen molar-refractivity contribution in [2.45, 2.75) is 4.90 Å². The number of carbonyl (C=O) groups is 1. The minimum Gasteiger partial charge on any atom is -0.383 e. The SMILES string of the molecule is COCCNC(=O)c1cnn2c(N)c(-c3ccc(NS(=O)(=O)c4cccc(Cl)c4Cl)cc3)cnc12. The van der Waals surface area contributed by atoms with Gasteiger partial charge in [-0.1, -0.05) is 41.4 Å². The highest BCUT2D eigenvalue weighted by Gasteiger charge is 2.20. The summed E-state index contributed by atoms with van der Waals surface area (Å²) >= 11 is 12.0. The van der Waals surface area contributed by atoms with E-state index in [1.807, 2.05) is 0 Å². The number of amides is 1. The van der Waals surface area contributed by atoms with Gasteiger partial charge in [0.05, 0.1) is 22.8 Å². The Bertz CT molecular complexity index is 1510. The molecule has 0 unspecified atom stereocenters. The summed E-state index contributed by atoms with van der Waals surface area (Å²) in [6.07, 6.45) is 2.92. The van der Waals surface area contributed by atoms with Crippen LogP contribution in [0.3, 0.4) is 0 Å². The molecule has 0 saturated heterocycles. The van der Waals surface area contributed by atoms with Crippen molar-refractivity contribution in [3.63, 3.8) is 0 Å². The molecule has 0 aliphatic rings. The number of anilines is 2. The number of benzene rings is 2. The van der Waals surface area contributed by atoms with Crippen molar-refractivity contribution in [2.24, 2.45) is 0 Å². The molecule has 2 heterocycles. The largest absolute Gasteiger partial charge is 0.383 e. The summed E-state index contributed by atoms with van der Waals surface area (Å²) in [5.74, 6) is -0.0712. The number of nitrogen functional groups attached to an aromatic ring is 1. The van der Waals surface area contributed by atoms with E-state index in [9.17, 15) is 13.2 Å². The van der Waals surface area contributed by atoms with Gasteiger partial charge in [-0.05, 0) is 29.8 Å². The van der Waals surface area contributed by atoms with Gasteiger partial charge in [0.25, 0.3) is 15.9 Å². The third-order valence-electron chi connectivity index (χ3n) is 5.05. The number of ether oxygens (including phenoxy) is 1. The molecule has 0 aliphatic carbocycles. The molecule has 2 aromatic carbocycles. The molecule has 4 N–H and O–H groups in total. The third kappa shape index (κ3) is 5.03. The number of hydrogen-bond acceptors (Lipinski definition) is 7. The Morgan fingerprint density at radius 3 is 2.60 bits per heavy atom. The number of hydrogen-bond donors (Lipinski definition) is 3. The van der Waals surface area contributed by atoms with Crippen LogP contribution in [0.2, 0.25) is 10.0 Å². The monoisotopic (exact) mass is 534 g/mol. The van der Waals surface area contributed by atoms with Crippen LogP contribution in [0.5, 0.6) is 0 Å². The molecule has 182 valence electrons.